The first-order chi connectivity index (χ1) is 8.58. The van der Waals surface area contributed by atoms with Gasteiger partial charge in [-0.2, -0.15) is 0 Å². The molecule has 0 saturated heterocycles. The molecular formula is C15H18O3. The number of rotatable bonds is 5. The Balaban J connectivity index is 2.78. The van der Waals surface area contributed by atoms with Crippen LogP contribution in [0.15, 0.2) is 36.1 Å². The summed E-state index contributed by atoms with van der Waals surface area (Å²) in [6.07, 6.45) is 3.41. The molecule has 0 saturated carbocycles. The van der Waals surface area contributed by atoms with Crippen LogP contribution in [0.25, 0.3) is 0 Å². The molecule has 18 heavy (non-hydrogen) atoms. The molecule has 0 fully saturated rings. The molecule has 0 amide bonds. The first kappa shape index (κ1) is 14.2. The molecule has 3 nitrogen and oxygen atoms in total. The monoisotopic (exact) mass is 246 g/mol. The summed E-state index contributed by atoms with van der Waals surface area (Å²) in [5, 5.41) is 0. The number of ether oxygens (including phenoxy) is 1. The van der Waals surface area contributed by atoms with Gasteiger partial charge in [-0.15, -0.1) is 0 Å². The van der Waals surface area contributed by atoms with E-state index >= 15 is 0 Å². The molecule has 0 aromatic heterocycles. The average molecular weight is 246 g/mol. The van der Waals surface area contributed by atoms with E-state index in [9.17, 15) is 9.59 Å². The summed E-state index contributed by atoms with van der Waals surface area (Å²) < 4.78 is 5.26. The van der Waals surface area contributed by atoms with Crippen molar-refractivity contribution in [3.05, 3.63) is 47.2 Å². The van der Waals surface area contributed by atoms with Gasteiger partial charge in [0.2, 0.25) is 0 Å². The molecule has 0 spiro atoms. The molecule has 0 heterocycles. The van der Waals surface area contributed by atoms with Crippen molar-refractivity contribution < 1.29 is 14.3 Å². The topological polar surface area (TPSA) is 43.4 Å². The highest BCUT2D eigenvalue weighted by atomic mass is 16.5. The average Bonchev–Trinajstić information content (AvgIpc) is 2.38. The first-order valence-corrected chi connectivity index (χ1v) is 6.10. The van der Waals surface area contributed by atoms with Crippen LogP contribution >= 0.6 is 0 Å². The van der Waals surface area contributed by atoms with Crippen LogP contribution in [0, 0.1) is 0 Å². The zero-order valence-corrected chi connectivity index (χ0v) is 11.0. The van der Waals surface area contributed by atoms with Crippen LogP contribution in [0.2, 0.25) is 0 Å². The number of Topliss-reactive ketones (excluding diaryl/α,β-unsaturated/α-hetero) is 1. The Morgan fingerprint density at radius 1 is 1.11 bits per heavy atom. The van der Waals surface area contributed by atoms with Crippen LogP contribution in [-0.2, 0) is 4.74 Å². The summed E-state index contributed by atoms with van der Waals surface area (Å²) >= 11 is 0. The van der Waals surface area contributed by atoms with Crippen molar-refractivity contribution in [3.8, 4) is 0 Å². The number of esters is 1. The molecule has 1 aromatic carbocycles. The standard InChI is InChI=1S/C15H18O3/c1-4-6-14(5-2)18-15(17)13-9-7-12(8-10-13)11(3)16/h6-10H,4-5H2,1-3H3/b14-6+. The molecule has 0 aliphatic rings. The van der Waals surface area contributed by atoms with Gasteiger partial charge in [0, 0.05) is 12.0 Å². The number of hydrogen-bond donors (Lipinski definition) is 0. The SMILES string of the molecule is CC/C=C(\CC)OC(=O)c1ccc(C(C)=O)cc1. The van der Waals surface area contributed by atoms with Gasteiger partial charge >= 0.3 is 5.97 Å². The van der Waals surface area contributed by atoms with Gasteiger partial charge in [0.15, 0.2) is 5.78 Å². The van der Waals surface area contributed by atoms with E-state index < -0.39 is 0 Å². The van der Waals surface area contributed by atoms with E-state index in [1.165, 1.54) is 6.92 Å². The van der Waals surface area contributed by atoms with Crippen molar-refractivity contribution in [2.75, 3.05) is 0 Å². The molecule has 0 aliphatic carbocycles. The van der Waals surface area contributed by atoms with E-state index in [1.807, 2.05) is 19.9 Å². The Kier molecular flexibility index (Phi) is 5.31. The Hall–Kier alpha value is -1.90. The van der Waals surface area contributed by atoms with Crippen molar-refractivity contribution in [3.63, 3.8) is 0 Å². The van der Waals surface area contributed by atoms with Crippen LogP contribution in [0.5, 0.6) is 0 Å². The Morgan fingerprint density at radius 2 is 1.67 bits per heavy atom. The molecule has 0 unspecified atom stereocenters. The summed E-state index contributed by atoms with van der Waals surface area (Å²) in [6.45, 7) is 5.42. The van der Waals surface area contributed by atoms with Gasteiger partial charge in [-0.3, -0.25) is 4.79 Å². The predicted molar refractivity (Wildman–Crippen MR) is 70.5 cm³/mol. The largest absolute Gasteiger partial charge is 0.428 e. The fourth-order valence-corrected chi connectivity index (χ4v) is 1.50. The summed E-state index contributed by atoms with van der Waals surface area (Å²) in [5.41, 5.74) is 1.04. The van der Waals surface area contributed by atoms with Gasteiger partial charge in [-0.25, -0.2) is 4.79 Å². The minimum Gasteiger partial charge on any atom is -0.428 e. The Labute approximate surface area is 107 Å². The van der Waals surface area contributed by atoms with Gasteiger partial charge in [-0.1, -0.05) is 26.0 Å². The molecular weight excluding hydrogens is 228 g/mol. The normalized spacial score (nSPS) is 11.2. The molecule has 0 N–H and O–H groups in total. The van der Waals surface area contributed by atoms with Gasteiger partial charge in [0.25, 0.3) is 0 Å². The summed E-state index contributed by atoms with van der Waals surface area (Å²) in [7, 11) is 0. The molecule has 0 atom stereocenters. The predicted octanol–water partition coefficient (Wildman–Crippen LogP) is 3.75. The van der Waals surface area contributed by atoms with E-state index in [0.29, 0.717) is 23.3 Å². The third-order valence-electron chi connectivity index (χ3n) is 2.53. The number of hydrogen-bond acceptors (Lipinski definition) is 3. The van der Waals surface area contributed by atoms with Crippen molar-refractivity contribution in [1.82, 2.24) is 0 Å². The van der Waals surface area contributed by atoms with Crippen LogP contribution < -0.4 is 0 Å². The smallest absolute Gasteiger partial charge is 0.343 e. The van der Waals surface area contributed by atoms with Crippen molar-refractivity contribution in [1.29, 1.82) is 0 Å². The van der Waals surface area contributed by atoms with Gasteiger partial charge in [-0.05, 0) is 31.6 Å². The van der Waals surface area contributed by atoms with Crippen molar-refractivity contribution in [2.45, 2.75) is 33.6 Å². The number of carbonyl (C=O) groups excluding carboxylic acids is 2. The highest BCUT2D eigenvalue weighted by Crippen LogP contribution is 2.11. The lowest BCUT2D eigenvalue weighted by molar-refractivity contribution is 0.0614. The Morgan fingerprint density at radius 3 is 2.11 bits per heavy atom. The fourth-order valence-electron chi connectivity index (χ4n) is 1.50. The number of benzene rings is 1. The van der Waals surface area contributed by atoms with E-state index in [4.69, 9.17) is 4.74 Å². The highest BCUT2D eigenvalue weighted by Gasteiger charge is 2.09. The Bertz CT molecular complexity index is 455. The number of carbonyl (C=O) groups is 2. The zero-order chi connectivity index (χ0) is 13.5. The lowest BCUT2D eigenvalue weighted by atomic mass is 10.1. The molecule has 0 aliphatic heterocycles. The van der Waals surface area contributed by atoms with Gasteiger partial charge in [0.05, 0.1) is 5.56 Å². The van der Waals surface area contributed by atoms with Crippen molar-refractivity contribution in [2.24, 2.45) is 0 Å². The second-order valence-corrected chi connectivity index (χ2v) is 3.96. The van der Waals surface area contributed by atoms with Crippen LogP contribution in [-0.4, -0.2) is 11.8 Å². The molecule has 0 radical (unpaired) electrons. The minimum atomic E-state index is -0.383. The molecule has 96 valence electrons. The summed E-state index contributed by atoms with van der Waals surface area (Å²) in [5.74, 6) is 0.278. The second-order valence-electron chi connectivity index (χ2n) is 3.96. The first-order valence-electron chi connectivity index (χ1n) is 6.10. The summed E-state index contributed by atoms with van der Waals surface area (Å²) in [6, 6.07) is 6.48. The lowest BCUT2D eigenvalue weighted by Crippen LogP contribution is -2.05. The maximum absolute atomic E-state index is 11.8. The number of allylic oxidation sites excluding steroid dienone is 2. The molecule has 0 bridgehead atoms. The molecule has 3 heteroatoms. The van der Waals surface area contributed by atoms with Crippen LogP contribution in [0.3, 0.4) is 0 Å². The van der Waals surface area contributed by atoms with Crippen LogP contribution in [0.4, 0.5) is 0 Å². The van der Waals surface area contributed by atoms with Crippen LogP contribution in [0.1, 0.15) is 54.3 Å². The van der Waals surface area contributed by atoms with Crippen molar-refractivity contribution >= 4 is 11.8 Å². The van der Waals surface area contributed by atoms with E-state index in [1.54, 1.807) is 24.3 Å². The fraction of sp³-hybridized carbons (Fsp3) is 0.333. The van der Waals surface area contributed by atoms with Gasteiger partial charge in [0.1, 0.15) is 5.76 Å². The van der Waals surface area contributed by atoms with Gasteiger partial charge < -0.3 is 4.74 Å². The highest BCUT2D eigenvalue weighted by molar-refractivity contribution is 5.96. The zero-order valence-electron chi connectivity index (χ0n) is 11.0. The maximum Gasteiger partial charge on any atom is 0.343 e. The third-order valence-corrected chi connectivity index (χ3v) is 2.53. The molecule has 1 rings (SSSR count). The third kappa shape index (κ3) is 3.84. The van der Waals surface area contributed by atoms with E-state index in [-0.39, 0.29) is 11.8 Å². The van der Waals surface area contributed by atoms with E-state index in [2.05, 4.69) is 0 Å². The maximum atomic E-state index is 11.8. The summed E-state index contributed by atoms with van der Waals surface area (Å²) in [4.78, 5) is 22.9. The number of ketones is 1. The second kappa shape index (κ2) is 6.74. The lowest BCUT2D eigenvalue weighted by Gasteiger charge is -2.07. The quantitative estimate of drug-likeness (QED) is 0.451. The van der Waals surface area contributed by atoms with E-state index in [0.717, 1.165) is 6.42 Å². The minimum absolute atomic E-state index is 0.0185. The molecule has 1 aromatic rings.